The maximum atomic E-state index is 13.0. The van der Waals surface area contributed by atoms with E-state index in [9.17, 15) is 9.18 Å². The number of rotatable bonds is 4. The first-order chi connectivity index (χ1) is 11.1. The highest BCUT2D eigenvalue weighted by molar-refractivity contribution is 7.99. The van der Waals surface area contributed by atoms with Crippen molar-refractivity contribution < 1.29 is 13.9 Å². The van der Waals surface area contributed by atoms with Gasteiger partial charge in [0.1, 0.15) is 11.9 Å². The number of halogens is 1. The molecular formula is C14H16FN5O2S. The fraction of sp³-hybridized carbons (Fsp3) is 0.429. The standard InChI is InChI=1S/C14H16FN5O2S/c1-19-14(16-17-18-19)23-9-13(21)20-6-7-22-12(8-20)10-2-4-11(15)5-3-10/h2-5,12H,6-9H2,1H3/t12-/m1/s1. The molecule has 0 radical (unpaired) electrons. The molecule has 1 aliphatic heterocycles. The number of carbonyl (C=O) groups is 1. The summed E-state index contributed by atoms with van der Waals surface area (Å²) in [5.74, 6) is -0.00995. The minimum Gasteiger partial charge on any atom is -0.370 e. The molecule has 1 fully saturated rings. The van der Waals surface area contributed by atoms with Crippen LogP contribution in [0.25, 0.3) is 0 Å². The molecule has 2 aromatic rings. The molecule has 23 heavy (non-hydrogen) atoms. The number of aryl methyl sites for hydroxylation is 1. The molecule has 1 atom stereocenters. The Morgan fingerprint density at radius 2 is 2.22 bits per heavy atom. The molecule has 0 spiro atoms. The van der Waals surface area contributed by atoms with Gasteiger partial charge >= 0.3 is 0 Å². The molecule has 0 saturated carbocycles. The van der Waals surface area contributed by atoms with Crippen molar-refractivity contribution in [2.75, 3.05) is 25.4 Å². The number of aromatic nitrogens is 4. The van der Waals surface area contributed by atoms with E-state index in [1.165, 1.54) is 28.6 Å². The quantitative estimate of drug-likeness (QED) is 0.776. The van der Waals surface area contributed by atoms with E-state index >= 15 is 0 Å². The van der Waals surface area contributed by atoms with Crippen LogP contribution in [0.3, 0.4) is 0 Å². The zero-order valence-electron chi connectivity index (χ0n) is 12.6. The van der Waals surface area contributed by atoms with E-state index in [0.29, 0.717) is 24.9 Å². The third-order valence-electron chi connectivity index (χ3n) is 3.57. The second-order valence-electron chi connectivity index (χ2n) is 5.12. The van der Waals surface area contributed by atoms with Crippen LogP contribution in [-0.4, -0.2) is 56.5 Å². The highest BCUT2D eigenvalue weighted by Crippen LogP contribution is 2.23. The van der Waals surface area contributed by atoms with Gasteiger partial charge in [-0.2, -0.15) is 0 Å². The topological polar surface area (TPSA) is 73.1 Å². The lowest BCUT2D eigenvalue weighted by Crippen LogP contribution is -2.43. The van der Waals surface area contributed by atoms with Crippen LogP contribution in [0.5, 0.6) is 0 Å². The molecule has 2 heterocycles. The van der Waals surface area contributed by atoms with E-state index in [-0.39, 0.29) is 23.6 Å². The lowest BCUT2D eigenvalue weighted by atomic mass is 10.1. The number of carbonyl (C=O) groups excluding carboxylic acids is 1. The van der Waals surface area contributed by atoms with Crippen LogP contribution in [0.15, 0.2) is 29.4 Å². The molecular weight excluding hydrogens is 321 g/mol. The molecule has 1 aliphatic rings. The van der Waals surface area contributed by atoms with E-state index in [1.807, 2.05) is 0 Å². The molecule has 0 aliphatic carbocycles. The van der Waals surface area contributed by atoms with Crippen LogP contribution in [0.2, 0.25) is 0 Å². The molecule has 1 aromatic carbocycles. The Balaban J connectivity index is 1.58. The molecule has 9 heteroatoms. The van der Waals surface area contributed by atoms with Crippen LogP contribution in [0, 0.1) is 5.82 Å². The Morgan fingerprint density at radius 3 is 2.91 bits per heavy atom. The first-order valence-corrected chi connectivity index (χ1v) is 8.12. The lowest BCUT2D eigenvalue weighted by molar-refractivity contribution is -0.136. The molecule has 0 bridgehead atoms. The predicted molar refractivity (Wildman–Crippen MR) is 81.2 cm³/mol. The second kappa shape index (κ2) is 7.05. The summed E-state index contributed by atoms with van der Waals surface area (Å²) < 4.78 is 20.2. The summed E-state index contributed by atoms with van der Waals surface area (Å²) in [6, 6.07) is 6.18. The van der Waals surface area contributed by atoms with Crippen molar-refractivity contribution in [1.82, 2.24) is 25.1 Å². The molecule has 7 nitrogen and oxygen atoms in total. The summed E-state index contributed by atoms with van der Waals surface area (Å²) in [6.45, 7) is 1.47. The van der Waals surface area contributed by atoms with E-state index in [1.54, 1.807) is 24.1 Å². The summed E-state index contributed by atoms with van der Waals surface area (Å²) in [5.41, 5.74) is 0.869. The number of ether oxygens (including phenoxy) is 1. The van der Waals surface area contributed by atoms with Gasteiger partial charge in [0.2, 0.25) is 11.1 Å². The van der Waals surface area contributed by atoms with Gasteiger partial charge in [0, 0.05) is 13.6 Å². The average molecular weight is 337 g/mol. The lowest BCUT2D eigenvalue weighted by Gasteiger charge is -2.33. The third kappa shape index (κ3) is 3.85. The highest BCUT2D eigenvalue weighted by Gasteiger charge is 2.25. The van der Waals surface area contributed by atoms with Crippen LogP contribution in [0.4, 0.5) is 4.39 Å². The Bertz CT molecular complexity index is 678. The predicted octanol–water partition coefficient (Wildman–Crippen LogP) is 1.04. The van der Waals surface area contributed by atoms with Crippen molar-refractivity contribution in [2.45, 2.75) is 11.3 Å². The summed E-state index contributed by atoms with van der Waals surface area (Å²) >= 11 is 1.30. The van der Waals surface area contributed by atoms with Gasteiger partial charge in [-0.05, 0) is 28.1 Å². The molecule has 0 N–H and O–H groups in total. The number of benzene rings is 1. The number of morpholine rings is 1. The van der Waals surface area contributed by atoms with E-state index in [2.05, 4.69) is 15.5 Å². The monoisotopic (exact) mass is 337 g/mol. The first kappa shape index (κ1) is 15.9. The fourth-order valence-corrected chi connectivity index (χ4v) is 3.07. The minimum absolute atomic E-state index is 0.00779. The van der Waals surface area contributed by atoms with Gasteiger partial charge in [-0.25, -0.2) is 9.07 Å². The maximum absolute atomic E-state index is 13.0. The van der Waals surface area contributed by atoms with Gasteiger partial charge in [-0.15, -0.1) is 5.10 Å². The zero-order valence-corrected chi connectivity index (χ0v) is 13.4. The normalized spacial score (nSPS) is 18.2. The number of thioether (sulfide) groups is 1. The van der Waals surface area contributed by atoms with Crippen LogP contribution >= 0.6 is 11.8 Å². The first-order valence-electron chi connectivity index (χ1n) is 7.13. The Kier molecular flexibility index (Phi) is 4.87. The van der Waals surface area contributed by atoms with Crippen molar-refractivity contribution in [2.24, 2.45) is 7.05 Å². The SMILES string of the molecule is Cn1nnnc1SCC(=O)N1CCO[C@@H](c2ccc(F)cc2)C1. The fourth-order valence-electron chi connectivity index (χ4n) is 2.32. The summed E-state index contributed by atoms with van der Waals surface area (Å²) in [4.78, 5) is 14.1. The minimum atomic E-state index is -0.286. The van der Waals surface area contributed by atoms with Crippen LogP contribution in [0.1, 0.15) is 11.7 Å². The van der Waals surface area contributed by atoms with Gasteiger partial charge < -0.3 is 9.64 Å². The number of nitrogens with zero attached hydrogens (tertiary/aromatic N) is 5. The Morgan fingerprint density at radius 1 is 1.43 bits per heavy atom. The van der Waals surface area contributed by atoms with Gasteiger partial charge in [0.25, 0.3) is 0 Å². The third-order valence-corrected chi connectivity index (χ3v) is 4.56. The largest absolute Gasteiger partial charge is 0.370 e. The number of hydrogen-bond acceptors (Lipinski definition) is 6. The maximum Gasteiger partial charge on any atom is 0.233 e. The smallest absolute Gasteiger partial charge is 0.233 e. The van der Waals surface area contributed by atoms with E-state index in [4.69, 9.17) is 4.74 Å². The summed E-state index contributed by atoms with van der Waals surface area (Å²) in [6.07, 6.45) is -0.227. The number of hydrogen-bond donors (Lipinski definition) is 0. The van der Waals surface area contributed by atoms with E-state index < -0.39 is 0 Å². The van der Waals surface area contributed by atoms with Crippen molar-refractivity contribution in [1.29, 1.82) is 0 Å². The molecule has 1 saturated heterocycles. The molecule has 0 unspecified atom stereocenters. The van der Waals surface area contributed by atoms with Crippen molar-refractivity contribution in [3.63, 3.8) is 0 Å². The second-order valence-corrected chi connectivity index (χ2v) is 6.07. The number of tetrazole rings is 1. The highest BCUT2D eigenvalue weighted by atomic mass is 32.2. The van der Waals surface area contributed by atoms with Gasteiger partial charge in [0.15, 0.2) is 0 Å². The number of amides is 1. The summed E-state index contributed by atoms with van der Waals surface area (Å²) in [7, 11) is 1.73. The zero-order chi connectivity index (χ0) is 16.2. The van der Waals surface area contributed by atoms with Crippen molar-refractivity contribution in [3.8, 4) is 0 Å². The van der Waals surface area contributed by atoms with E-state index in [0.717, 1.165) is 5.56 Å². The van der Waals surface area contributed by atoms with Crippen LogP contribution in [-0.2, 0) is 16.6 Å². The van der Waals surface area contributed by atoms with Crippen LogP contribution < -0.4 is 0 Å². The van der Waals surface area contributed by atoms with Crippen molar-refractivity contribution in [3.05, 3.63) is 35.6 Å². The van der Waals surface area contributed by atoms with Gasteiger partial charge in [-0.1, -0.05) is 23.9 Å². The summed E-state index contributed by atoms with van der Waals surface area (Å²) in [5, 5.41) is 11.7. The van der Waals surface area contributed by atoms with Gasteiger partial charge in [-0.3, -0.25) is 4.79 Å². The Labute approximate surface area is 136 Å². The molecule has 122 valence electrons. The average Bonchev–Trinajstić information content (AvgIpc) is 2.98. The molecule has 3 rings (SSSR count). The molecule has 1 aromatic heterocycles. The van der Waals surface area contributed by atoms with Gasteiger partial charge in [0.05, 0.1) is 18.9 Å². The van der Waals surface area contributed by atoms with Crippen molar-refractivity contribution >= 4 is 17.7 Å². The molecule has 1 amide bonds. The Hall–Kier alpha value is -2.00.